The third kappa shape index (κ3) is 4.63. The van der Waals surface area contributed by atoms with Crippen LogP contribution in [0.1, 0.15) is 56.6 Å². The first-order chi connectivity index (χ1) is 16.6. The second-order valence-electron chi connectivity index (χ2n) is 10.5. The minimum absolute atomic E-state index is 0.134. The zero-order valence-electron chi connectivity index (χ0n) is 20.3. The quantitative estimate of drug-likeness (QED) is 0.676. The van der Waals surface area contributed by atoms with E-state index in [-0.39, 0.29) is 29.6 Å². The van der Waals surface area contributed by atoms with Crippen LogP contribution in [0.25, 0.3) is 0 Å². The Morgan fingerprint density at radius 3 is 2.21 bits per heavy atom. The van der Waals surface area contributed by atoms with Crippen molar-refractivity contribution in [3.8, 4) is 0 Å². The molecule has 3 aliphatic rings. The van der Waals surface area contributed by atoms with Crippen LogP contribution in [0.3, 0.4) is 0 Å². The number of amides is 2. The SMILES string of the molecule is C[C@H](CCc1ccccc1)N1C(=O)[C@@H](Cc2ccccc2)NC12CCN(C(=O)C1CCC1)CC2. The number of benzene rings is 2. The molecule has 2 aromatic rings. The second-order valence-corrected chi connectivity index (χ2v) is 10.5. The highest BCUT2D eigenvalue weighted by atomic mass is 16.2. The van der Waals surface area contributed by atoms with Gasteiger partial charge < -0.3 is 9.80 Å². The number of nitrogens with one attached hydrogen (secondary N) is 1. The van der Waals surface area contributed by atoms with E-state index in [2.05, 4.69) is 58.4 Å². The fraction of sp³-hybridized carbons (Fsp3) is 0.517. The van der Waals surface area contributed by atoms with Gasteiger partial charge in [-0.2, -0.15) is 0 Å². The van der Waals surface area contributed by atoms with E-state index < -0.39 is 0 Å². The maximum atomic E-state index is 13.8. The molecule has 34 heavy (non-hydrogen) atoms. The molecule has 0 unspecified atom stereocenters. The van der Waals surface area contributed by atoms with Crippen molar-refractivity contribution in [3.63, 3.8) is 0 Å². The first-order valence-corrected chi connectivity index (χ1v) is 13.0. The lowest BCUT2D eigenvalue weighted by atomic mass is 9.83. The molecular formula is C29H37N3O2. The van der Waals surface area contributed by atoms with Gasteiger partial charge in [0.1, 0.15) is 0 Å². The molecule has 2 saturated heterocycles. The van der Waals surface area contributed by atoms with Gasteiger partial charge in [0.25, 0.3) is 0 Å². The van der Waals surface area contributed by atoms with Gasteiger partial charge in [-0.3, -0.25) is 14.9 Å². The zero-order chi connectivity index (χ0) is 23.5. The summed E-state index contributed by atoms with van der Waals surface area (Å²) in [6, 6.07) is 20.7. The monoisotopic (exact) mass is 459 g/mol. The number of hydrogen-bond donors (Lipinski definition) is 1. The molecule has 1 saturated carbocycles. The fourth-order valence-corrected chi connectivity index (χ4v) is 6.01. The highest BCUT2D eigenvalue weighted by Gasteiger charge is 2.53. The summed E-state index contributed by atoms with van der Waals surface area (Å²) >= 11 is 0. The van der Waals surface area contributed by atoms with Gasteiger partial charge in [0.05, 0.1) is 11.7 Å². The maximum Gasteiger partial charge on any atom is 0.241 e. The molecule has 1 N–H and O–H groups in total. The standard InChI is InChI=1S/C29H37N3O2/c1-22(15-16-23-9-4-2-5-10-23)32-28(34)26(21-24-11-6-3-7-12-24)30-29(32)17-19-31(20-18-29)27(33)25-13-8-14-25/h2-7,9-12,22,25-26,30H,8,13-21H2,1H3/t22-,26-/m1/s1. The smallest absolute Gasteiger partial charge is 0.241 e. The van der Waals surface area contributed by atoms with Crippen molar-refractivity contribution in [2.75, 3.05) is 13.1 Å². The molecule has 0 aromatic heterocycles. The topological polar surface area (TPSA) is 52.7 Å². The molecule has 180 valence electrons. The number of carbonyl (C=O) groups is 2. The molecule has 5 heteroatoms. The molecular weight excluding hydrogens is 422 g/mol. The number of hydrogen-bond acceptors (Lipinski definition) is 3. The van der Waals surface area contributed by atoms with Crippen molar-refractivity contribution in [2.45, 2.75) is 76.0 Å². The van der Waals surface area contributed by atoms with Gasteiger partial charge in [0, 0.05) is 37.9 Å². The summed E-state index contributed by atoms with van der Waals surface area (Å²) < 4.78 is 0. The average Bonchev–Trinajstić information content (AvgIpc) is 3.08. The van der Waals surface area contributed by atoms with E-state index in [4.69, 9.17) is 0 Å². The molecule has 2 aliphatic heterocycles. The number of carbonyl (C=O) groups excluding carboxylic acids is 2. The van der Waals surface area contributed by atoms with Gasteiger partial charge in [-0.05, 0) is 50.2 Å². The Kier molecular flexibility index (Phi) is 6.73. The molecule has 1 spiro atoms. The Labute approximate surface area is 203 Å². The van der Waals surface area contributed by atoms with E-state index in [0.717, 1.165) is 51.6 Å². The summed E-state index contributed by atoms with van der Waals surface area (Å²) in [4.78, 5) is 30.9. The lowest BCUT2D eigenvalue weighted by Gasteiger charge is -2.47. The van der Waals surface area contributed by atoms with Crippen LogP contribution < -0.4 is 5.32 Å². The van der Waals surface area contributed by atoms with Crippen LogP contribution in [0.5, 0.6) is 0 Å². The second kappa shape index (κ2) is 9.91. The number of piperidine rings is 1. The van der Waals surface area contributed by atoms with Crippen LogP contribution in [-0.2, 0) is 22.4 Å². The Morgan fingerprint density at radius 2 is 1.62 bits per heavy atom. The maximum absolute atomic E-state index is 13.8. The van der Waals surface area contributed by atoms with E-state index in [1.54, 1.807) is 0 Å². The number of nitrogens with zero attached hydrogens (tertiary/aromatic N) is 2. The van der Waals surface area contributed by atoms with Crippen molar-refractivity contribution in [1.29, 1.82) is 0 Å². The first-order valence-electron chi connectivity index (χ1n) is 13.0. The fourth-order valence-electron chi connectivity index (χ4n) is 6.01. The Morgan fingerprint density at radius 1 is 1.00 bits per heavy atom. The van der Waals surface area contributed by atoms with Crippen LogP contribution in [0.4, 0.5) is 0 Å². The largest absolute Gasteiger partial charge is 0.342 e. The highest BCUT2D eigenvalue weighted by molar-refractivity contribution is 5.86. The van der Waals surface area contributed by atoms with Crippen molar-refractivity contribution in [2.24, 2.45) is 5.92 Å². The Balaban J connectivity index is 1.32. The van der Waals surface area contributed by atoms with Gasteiger partial charge in [-0.1, -0.05) is 67.1 Å². The summed E-state index contributed by atoms with van der Waals surface area (Å²) in [6.07, 6.45) is 7.46. The minimum Gasteiger partial charge on any atom is -0.342 e. The van der Waals surface area contributed by atoms with Gasteiger partial charge in [0.15, 0.2) is 0 Å². The average molecular weight is 460 g/mol. The highest BCUT2D eigenvalue weighted by Crippen LogP contribution is 2.37. The third-order valence-corrected chi connectivity index (χ3v) is 8.21. The van der Waals surface area contributed by atoms with E-state index >= 15 is 0 Å². The van der Waals surface area contributed by atoms with Crippen LogP contribution in [-0.4, -0.2) is 52.5 Å². The van der Waals surface area contributed by atoms with Gasteiger partial charge in [-0.15, -0.1) is 0 Å². The van der Waals surface area contributed by atoms with Crippen LogP contribution >= 0.6 is 0 Å². The van der Waals surface area contributed by atoms with E-state index in [0.29, 0.717) is 12.3 Å². The van der Waals surface area contributed by atoms with Gasteiger partial charge in [-0.25, -0.2) is 0 Å². The van der Waals surface area contributed by atoms with E-state index in [1.807, 2.05) is 24.3 Å². The number of rotatable bonds is 7. The van der Waals surface area contributed by atoms with Gasteiger partial charge >= 0.3 is 0 Å². The normalized spacial score (nSPS) is 23.2. The Hall–Kier alpha value is -2.66. The number of aryl methyl sites for hydroxylation is 1. The molecule has 2 aromatic carbocycles. The summed E-state index contributed by atoms with van der Waals surface area (Å²) in [6.45, 7) is 3.66. The third-order valence-electron chi connectivity index (χ3n) is 8.21. The van der Waals surface area contributed by atoms with Crippen LogP contribution in [0.2, 0.25) is 0 Å². The predicted octanol–water partition coefficient (Wildman–Crippen LogP) is 4.17. The molecule has 2 atom stereocenters. The molecule has 1 aliphatic carbocycles. The zero-order valence-corrected chi connectivity index (χ0v) is 20.3. The molecule has 3 fully saturated rings. The van der Waals surface area contributed by atoms with Crippen molar-refractivity contribution >= 4 is 11.8 Å². The van der Waals surface area contributed by atoms with Crippen LogP contribution in [0, 0.1) is 5.92 Å². The molecule has 5 nitrogen and oxygen atoms in total. The van der Waals surface area contributed by atoms with Gasteiger partial charge in [0.2, 0.25) is 11.8 Å². The van der Waals surface area contributed by atoms with E-state index in [9.17, 15) is 9.59 Å². The molecule has 2 heterocycles. The molecule has 0 bridgehead atoms. The molecule has 0 radical (unpaired) electrons. The minimum atomic E-state index is -0.358. The number of likely N-dealkylation sites (tertiary alicyclic amines) is 1. The summed E-state index contributed by atoms with van der Waals surface area (Å²) in [5.74, 6) is 0.775. The summed E-state index contributed by atoms with van der Waals surface area (Å²) in [7, 11) is 0. The van der Waals surface area contributed by atoms with Crippen molar-refractivity contribution < 1.29 is 9.59 Å². The predicted molar refractivity (Wildman–Crippen MR) is 134 cm³/mol. The lowest BCUT2D eigenvalue weighted by Crippen LogP contribution is -2.62. The summed E-state index contributed by atoms with van der Waals surface area (Å²) in [5.41, 5.74) is 2.13. The van der Waals surface area contributed by atoms with E-state index in [1.165, 1.54) is 17.5 Å². The van der Waals surface area contributed by atoms with Crippen molar-refractivity contribution in [3.05, 3.63) is 71.8 Å². The van der Waals surface area contributed by atoms with Crippen molar-refractivity contribution in [1.82, 2.24) is 15.1 Å². The lowest BCUT2D eigenvalue weighted by molar-refractivity contribution is -0.143. The molecule has 2 amide bonds. The Bertz CT molecular complexity index is 981. The first kappa shape index (κ1) is 23.1. The summed E-state index contributed by atoms with van der Waals surface area (Å²) in [5, 5.41) is 3.79. The molecule has 5 rings (SSSR count). The van der Waals surface area contributed by atoms with Crippen LogP contribution in [0.15, 0.2) is 60.7 Å².